The Hall–Kier alpha value is -3.12. The first-order valence-corrected chi connectivity index (χ1v) is 10.6. The van der Waals surface area contributed by atoms with Crippen molar-refractivity contribution >= 4 is 35.5 Å². The monoisotopic (exact) mass is 440 g/mol. The van der Waals surface area contributed by atoms with Gasteiger partial charge in [0, 0.05) is 43.2 Å². The largest absolute Gasteiger partial charge is 0.427 e. The van der Waals surface area contributed by atoms with E-state index in [4.69, 9.17) is 16.3 Å². The summed E-state index contributed by atoms with van der Waals surface area (Å²) in [6, 6.07) is 14.0. The van der Waals surface area contributed by atoms with Gasteiger partial charge in [0.1, 0.15) is 5.75 Å². The molecule has 1 N–H and O–H groups in total. The molecule has 1 fully saturated rings. The van der Waals surface area contributed by atoms with Gasteiger partial charge >= 0.3 is 5.97 Å². The van der Waals surface area contributed by atoms with Crippen LogP contribution in [0.5, 0.6) is 5.75 Å². The fraction of sp³-hybridized carbons (Fsp3) is 0.292. The molecule has 1 aliphatic heterocycles. The van der Waals surface area contributed by atoms with Crippen molar-refractivity contribution < 1.29 is 19.1 Å². The first-order valence-electron chi connectivity index (χ1n) is 10.2. The number of likely N-dealkylation sites (tertiary alicyclic amines) is 1. The Bertz CT molecular complexity index is 981. The minimum absolute atomic E-state index is 0.0841. The second kappa shape index (κ2) is 10.8. The molecule has 1 saturated heterocycles. The number of esters is 1. The Labute approximate surface area is 186 Å². The summed E-state index contributed by atoms with van der Waals surface area (Å²) in [5.41, 5.74) is 1.29. The molecule has 0 bridgehead atoms. The molecule has 0 unspecified atom stereocenters. The van der Waals surface area contributed by atoms with Crippen molar-refractivity contribution in [2.24, 2.45) is 5.92 Å². The van der Waals surface area contributed by atoms with E-state index >= 15 is 0 Å². The summed E-state index contributed by atoms with van der Waals surface area (Å²) in [5, 5.41) is 3.52. The third-order valence-electron chi connectivity index (χ3n) is 5.13. The Morgan fingerprint density at radius 1 is 1.13 bits per heavy atom. The van der Waals surface area contributed by atoms with Crippen molar-refractivity contribution in [1.29, 1.82) is 0 Å². The Morgan fingerprint density at radius 2 is 1.87 bits per heavy atom. The highest BCUT2D eigenvalue weighted by Crippen LogP contribution is 2.21. The van der Waals surface area contributed by atoms with Crippen LogP contribution in [0.4, 0.5) is 0 Å². The highest BCUT2D eigenvalue weighted by Gasteiger charge is 2.24. The molecular weight excluding hydrogens is 416 g/mol. The molecule has 2 amide bonds. The molecule has 0 radical (unpaired) electrons. The van der Waals surface area contributed by atoms with E-state index in [0.29, 0.717) is 41.9 Å². The molecule has 0 aliphatic carbocycles. The quantitative estimate of drug-likeness (QED) is 0.419. The summed E-state index contributed by atoms with van der Waals surface area (Å²) < 4.78 is 5.06. The van der Waals surface area contributed by atoms with Crippen molar-refractivity contribution in [2.45, 2.75) is 19.8 Å². The zero-order valence-electron chi connectivity index (χ0n) is 17.3. The third-order valence-corrected chi connectivity index (χ3v) is 5.47. The Balaban J connectivity index is 1.45. The summed E-state index contributed by atoms with van der Waals surface area (Å²) in [7, 11) is 0. The molecular formula is C24H25ClN2O4. The molecule has 31 heavy (non-hydrogen) atoms. The van der Waals surface area contributed by atoms with Crippen LogP contribution in [0.3, 0.4) is 0 Å². The maximum absolute atomic E-state index is 12.8. The van der Waals surface area contributed by atoms with Gasteiger partial charge in [-0.2, -0.15) is 0 Å². The molecule has 0 spiro atoms. The summed E-state index contributed by atoms with van der Waals surface area (Å²) in [5.74, 6) is 0.00364. The van der Waals surface area contributed by atoms with E-state index in [1.807, 2.05) is 18.2 Å². The summed E-state index contributed by atoms with van der Waals surface area (Å²) in [6.45, 7) is 3.12. The zero-order chi connectivity index (χ0) is 22.2. The number of carbonyl (C=O) groups is 3. The van der Waals surface area contributed by atoms with Gasteiger partial charge in [-0.1, -0.05) is 35.9 Å². The molecule has 2 aromatic carbocycles. The average molecular weight is 441 g/mol. The normalized spacial score (nSPS) is 14.5. The van der Waals surface area contributed by atoms with Crippen molar-refractivity contribution in [3.05, 3.63) is 70.8 Å². The fourth-order valence-electron chi connectivity index (χ4n) is 3.46. The average Bonchev–Trinajstić information content (AvgIpc) is 2.77. The molecule has 0 aromatic heterocycles. The van der Waals surface area contributed by atoms with Crippen LogP contribution in [0.2, 0.25) is 5.02 Å². The van der Waals surface area contributed by atoms with Gasteiger partial charge in [-0.05, 0) is 54.7 Å². The van der Waals surface area contributed by atoms with Crippen LogP contribution in [0.1, 0.15) is 35.7 Å². The number of amides is 2. The minimum Gasteiger partial charge on any atom is -0.427 e. The number of hydrogen-bond donors (Lipinski definition) is 1. The van der Waals surface area contributed by atoms with E-state index in [-0.39, 0.29) is 11.8 Å². The smallest absolute Gasteiger partial charge is 0.308 e. The molecule has 162 valence electrons. The number of ether oxygens (including phenoxy) is 1. The number of nitrogens with one attached hydrogen (secondary N) is 1. The van der Waals surface area contributed by atoms with Crippen LogP contribution < -0.4 is 10.1 Å². The number of carbonyl (C=O) groups excluding carboxylic acids is 3. The van der Waals surface area contributed by atoms with Gasteiger partial charge in [-0.15, -0.1) is 0 Å². The number of piperidine rings is 1. The van der Waals surface area contributed by atoms with E-state index in [9.17, 15) is 14.4 Å². The van der Waals surface area contributed by atoms with Gasteiger partial charge in [-0.3, -0.25) is 14.4 Å². The SMILES string of the molecule is CC(=O)Oc1cccc(C(=O)N2CCC(CNC(=O)/C=C/c3ccccc3Cl)CC2)c1. The van der Waals surface area contributed by atoms with E-state index in [1.165, 1.54) is 13.0 Å². The second-order valence-corrected chi connectivity index (χ2v) is 7.86. The molecule has 7 heteroatoms. The highest BCUT2D eigenvalue weighted by atomic mass is 35.5. The predicted molar refractivity (Wildman–Crippen MR) is 120 cm³/mol. The van der Waals surface area contributed by atoms with Gasteiger partial charge in [0.2, 0.25) is 5.91 Å². The number of benzene rings is 2. The van der Waals surface area contributed by atoms with E-state index in [2.05, 4.69) is 5.32 Å². The number of halogens is 1. The first-order chi connectivity index (χ1) is 14.9. The molecule has 0 saturated carbocycles. The second-order valence-electron chi connectivity index (χ2n) is 7.46. The standard InChI is InChI=1S/C24H25ClN2O4/c1-17(28)31-21-7-4-6-20(15-21)24(30)27-13-11-18(12-14-27)16-26-23(29)10-9-19-5-2-3-8-22(19)25/h2-10,15,18H,11-14,16H2,1H3,(H,26,29)/b10-9+. The lowest BCUT2D eigenvalue weighted by Gasteiger charge is -2.32. The third kappa shape index (κ3) is 6.69. The van der Waals surface area contributed by atoms with E-state index in [0.717, 1.165) is 18.4 Å². The molecule has 1 aliphatic rings. The summed E-state index contributed by atoms with van der Waals surface area (Å²) >= 11 is 6.08. The Morgan fingerprint density at radius 3 is 2.58 bits per heavy atom. The maximum Gasteiger partial charge on any atom is 0.308 e. The lowest BCUT2D eigenvalue weighted by molar-refractivity contribution is -0.131. The lowest BCUT2D eigenvalue weighted by Crippen LogP contribution is -2.41. The number of rotatable bonds is 6. The molecule has 6 nitrogen and oxygen atoms in total. The summed E-state index contributed by atoms with van der Waals surface area (Å²) in [4.78, 5) is 37.8. The van der Waals surface area contributed by atoms with Gasteiger partial charge in [-0.25, -0.2) is 0 Å². The van der Waals surface area contributed by atoms with Crippen molar-refractivity contribution in [2.75, 3.05) is 19.6 Å². The van der Waals surface area contributed by atoms with E-state index < -0.39 is 5.97 Å². The van der Waals surface area contributed by atoms with E-state index in [1.54, 1.807) is 41.3 Å². The molecule has 3 rings (SSSR count). The van der Waals surface area contributed by atoms with Crippen molar-refractivity contribution in [1.82, 2.24) is 10.2 Å². The van der Waals surface area contributed by atoms with Crippen LogP contribution in [-0.2, 0) is 9.59 Å². The lowest BCUT2D eigenvalue weighted by atomic mass is 9.96. The van der Waals surface area contributed by atoms with Crippen LogP contribution in [-0.4, -0.2) is 42.3 Å². The van der Waals surface area contributed by atoms with Crippen LogP contribution in [0.25, 0.3) is 6.08 Å². The molecule has 1 heterocycles. The minimum atomic E-state index is -0.422. The topological polar surface area (TPSA) is 75.7 Å². The van der Waals surface area contributed by atoms with Crippen LogP contribution >= 0.6 is 11.6 Å². The number of hydrogen-bond acceptors (Lipinski definition) is 4. The number of nitrogens with zero attached hydrogens (tertiary/aromatic N) is 1. The van der Waals surface area contributed by atoms with Gasteiger partial charge in [0.15, 0.2) is 0 Å². The Kier molecular flexibility index (Phi) is 7.84. The van der Waals surface area contributed by atoms with Crippen molar-refractivity contribution in [3.8, 4) is 5.75 Å². The van der Waals surface area contributed by atoms with Gasteiger partial charge in [0.25, 0.3) is 5.91 Å². The van der Waals surface area contributed by atoms with Crippen LogP contribution in [0, 0.1) is 5.92 Å². The molecule has 2 aromatic rings. The first kappa shape index (κ1) is 22.6. The highest BCUT2D eigenvalue weighted by molar-refractivity contribution is 6.32. The summed E-state index contributed by atoms with van der Waals surface area (Å²) in [6.07, 6.45) is 4.80. The van der Waals surface area contributed by atoms with Gasteiger partial charge < -0.3 is 15.0 Å². The zero-order valence-corrected chi connectivity index (χ0v) is 18.1. The maximum atomic E-state index is 12.8. The molecule has 0 atom stereocenters. The van der Waals surface area contributed by atoms with Crippen molar-refractivity contribution in [3.63, 3.8) is 0 Å². The fourth-order valence-corrected chi connectivity index (χ4v) is 3.66. The van der Waals surface area contributed by atoms with Gasteiger partial charge in [0.05, 0.1) is 0 Å². The predicted octanol–water partition coefficient (Wildman–Crippen LogP) is 3.95. The van der Waals surface area contributed by atoms with Crippen LogP contribution in [0.15, 0.2) is 54.6 Å².